The van der Waals surface area contributed by atoms with Crippen molar-refractivity contribution in [3.8, 4) is 55.8 Å². The summed E-state index contributed by atoms with van der Waals surface area (Å²) in [6.07, 6.45) is 1.83. The maximum atomic E-state index is 5.25. The molecule has 1 aliphatic carbocycles. The average Bonchev–Trinajstić information content (AvgIpc) is 3.42. The number of pyridine rings is 2. The second-order valence-corrected chi connectivity index (χ2v) is 11.6. The first kappa shape index (κ1) is 22.7. The van der Waals surface area contributed by atoms with Gasteiger partial charge in [-0.05, 0) is 57.6 Å². The Labute approximate surface area is 241 Å². The molecule has 2 nitrogen and oxygen atoms in total. The predicted molar refractivity (Wildman–Crippen MR) is 173 cm³/mol. The number of thiophene rings is 1. The average molecular weight is 539 g/mol. The molecule has 3 heteroatoms. The maximum Gasteiger partial charge on any atom is 0.159 e. The fourth-order valence-electron chi connectivity index (χ4n) is 6.53. The van der Waals surface area contributed by atoms with Crippen LogP contribution in [0.1, 0.15) is 0 Å². The Morgan fingerprint density at radius 2 is 1.07 bits per heavy atom. The minimum Gasteiger partial charge on any atom is -0.237 e. The normalized spacial score (nSPS) is 11.9. The molecule has 0 amide bonds. The van der Waals surface area contributed by atoms with Crippen LogP contribution in [-0.4, -0.2) is 9.97 Å². The van der Waals surface area contributed by atoms with Crippen LogP contribution in [0.4, 0.5) is 0 Å². The molecule has 0 spiro atoms. The summed E-state index contributed by atoms with van der Waals surface area (Å²) in [7, 11) is 0. The highest BCUT2D eigenvalue weighted by Gasteiger charge is 2.26. The van der Waals surface area contributed by atoms with Crippen molar-refractivity contribution in [3.05, 3.63) is 134 Å². The summed E-state index contributed by atoms with van der Waals surface area (Å²) in [5.74, 6) is 0. The second-order valence-electron chi connectivity index (χ2n) is 10.5. The molecule has 0 aliphatic heterocycles. The number of fused-ring (bicyclic) bond motifs is 12. The van der Waals surface area contributed by atoms with Gasteiger partial charge in [0.2, 0.25) is 0 Å². The van der Waals surface area contributed by atoms with E-state index < -0.39 is 0 Å². The number of nitrogens with zero attached hydrogens (tertiary/aromatic N) is 2. The molecule has 0 saturated carbocycles. The van der Waals surface area contributed by atoms with Crippen molar-refractivity contribution in [2.75, 3.05) is 0 Å². The quantitative estimate of drug-likeness (QED) is 0.208. The lowest BCUT2D eigenvalue weighted by Gasteiger charge is -2.25. The zero-order valence-electron chi connectivity index (χ0n) is 22.0. The summed E-state index contributed by atoms with van der Waals surface area (Å²) in [5.41, 5.74) is 12.6. The van der Waals surface area contributed by atoms with Crippen LogP contribution in [0.2, 0.25) is 0 Å². The molecule has 0 fully saturated rings. The largest absolute Gasteiger partial charge is 0.237 e. The van der Waals surface area contributed by atoms with E-state index in [9.17, 15) is 0 Å². The van der Waals surface area contributed by atoms with Gasteiger partial charge in [-0.1, -0.05) is 103 Å². The summed E-state index contributed by atoms with van der Waals surface area (Å²) in [5, 5.41) is 3.66. The first-order chi connectivity index (χ1) is 20.3. The fourth-order valence-corrected chi connectivity index (χ4v) is 7.76. The Balaban J connectivity index is 1.48. The third kappa shape index (κ3) is 3.30. The zero-order chi connectivity index (χ0) is 26.9. The van der Waals surface area contributed by atoms with Gasteiger partial charge in [0, 0.05) is 48.4 Å². The van der Waals surface area contributed by atoms with Crippen LogP contribution >= 0.6 is 11.3 Å². The third-order valence-electron chi connectivity index (χ3n) is 8.31. The Morgan fingerprint density at radius 3 is 1.93 bits per heavy atom. The molecule has 8 aromatic rings. The zero-order valence-corrected chi connectivity index (χ0v) is 22.8. The highest BCUT2D eigenvalue weighted by molar-refractivity contribution is 7.26. The minimum atomic E-state index is 0.764. The van der Waals surface area contributed by atoms with Crippen LogP contribution in [0, 0.1) is 0 Å². The lowest BCUT2D eigenvalue weighted by molar-refractivity contribution is 1.29. The van der Waals surface area contributed by atoms with E-state index in [1.807, 2.05) is 23.6 Å². The number of hydrogen-bond acceptors (Lipinski definition) is 3. The number of benzene rings is 5. The Kier molecular flexibility index (Phi) is 4.80. The molecule has 3 aromatic heterocycles. The molecule has 0 N–H and O–H groups in total. The van der Waals surface area contributed by atoms with Crippen molar-refractivity contribution in [2.24, 2.45) is 0 Å². The summed E-state index contributed by atoms with van der Waals surface area (Å²) in [6.45, 7) is 0. The molecule has 0 radical (unpaired) electrons. The molecule has 0 unspecified atom stereocenters. The monoisotopic (exact) mass is 538 g/mol. The lowest BCUT2D eigenvalue weighted by Crippen LogP contribution is -2.01. The summed E-state index contributed by atoms with van der Waals surface area (Å²) in [6, 6.07) is 46.1. The van der Waals surface area contributed by atoms with E-state index in [-0.39, 0.29) is 0 Å². The van der Waals surface area contributed by atoms with Crippen LogP contribution in [-0.2, 0) is 0 Å². The van der Waals surface area contributed by atoms with Gasteiger partial charge >= 0.3 is 0 Å². The van der Waals surface area contributed by atoms with Crippen molar-refractivity contribution in [1.29, 1.82) is 0 Å². The topological polar surface area (TPSA) is 25.8 Å². The fraction of sp³-hybridized carbons (Fsp3) is 0. The van der Waals surface area contributed by atoms with Gasteiger partial charge in [-0.2, -0.15) is 0 Å². The van der Waals surface area contributed by atoms with Crippen LogP contribution in [0.3, 0.4) is 0 Å². The summed E-state index contributed by atoms with van der Waals surface area (Å²) < 4.78 is 2.63. The van der Waals surface area contributed by atoms with Gasteiger partial charge in [-0.15, -0.1) is 11.3 Å². The standard InChI is InChI=1S/C38H22N2S/c1-2-12-25-24(11-1)26-13-3-4-15-30(26)36-33(22-23-10-9-21-39-38(23)40-36)35-28(25)16-7-17-29(35)32-19-8-18-31-27-14-5-6-20-34(27)41-37(31)32/h1-22H. The molecule has 1 aliphatic rings. The Bertz CT molecular complexity index is 2330. The Morgan fingerprint density at radius 1 is 0.463 bits per heavy atom. The van der Waals surface area contributed by atoms with Crippen molar-refractivity contribution < 1.29 is 0 Å². The SMILES string of the molecule is c1ccc2c(c1)-c1ccccc1-c1nc3ncccc3cc1-c1c-2cccc1-c1cccc2c1sc1ccccc12. The molecule has 190 valence electrons. The van der Waals surface area contributed by atoms with E-state index in [4.69, 9.17) is 4.98 Å². The second kappa shape index (κ2) is 8.69. The van der Waals surface area contributed by atoms with Crippen LogP contribution in [0.15, 0.2) is 134 Å². The van der Waals surface area contributed by atoms with Crippen LogP contribution < -0.4 is 0 Å². The van der Waals surface area contributed by atoms with Gasteiger partial charge in [0.25, 0.3) is 0 Å². The molecule has 0 atom stereocenters. The maximum absolute atomic E-state index is 5.25. The molecule has 41 heavy (non-hydrogen) atoms. The van der Waals surface area contributed by atoms with E-state index in [2.05, 4.69) is 126 Å². The van der Waals surface area contributed by atoms with Gasteiger partial charge < -0.3 is 0 Å². The predicted octanol–water partition coefficient (Wildman–Crippen LogP) is 10.6. The summed E-state index contributed by atoms with van der Waals surface area (Å²) in [4.78, 5) is 9.91. The van der Waals surface area contributed by atoms with Gasteiger partial charge in [-0.25, -0.2) is 9.97 Å². The lowest BCUT2D eigenvalue weighted by atomic mass is 9.80. The van der Waals surface area contributed by atoms with Crippen LogP contribution in [0.5, 0.6) is 0 Å². The van der Waals surface area contributed by atoms with E-state index in [1.165, 1.54) is 59.1 Å². The molecule has 9 rings (SSSR count). The Hall–Kier alpha value is -5.12. The van der Waals surface area contributed by atoms with E-state index >= 15 is 0 Å². The van der Waals surface area contributed by atoms with Crippen molar-refractivity contribution in [2.45, 2.75) is 0 Å². The van der Waals surface area contributed by atoms with Gasteiger partial charge in [0.1, 0.15) is 0 Å². The minimum absolute atomic E-state index is 0.764. The number of aromatic nitrogens is 2. The highest BCUT2D eigenvalue weighted by Crippen LogP contribution is 2.51. The molecule has 0 saturated heterocycles. The third-order valence-corrected chi connectivity index (χ3v) is 9.53. The van der Waals surface area contributed by atoms with E-state index in [0.29, 0.717) is 0 Å². The number of hydrogen-bond donors (Lipinski definition) is 0. The smallest absolute Gasteiger partial charge is 0.159 e. The summed E-state index contributed by atoms with van der Waals surface area (Å²) >= 11 is 1.88. The van der Waals surface area contributed by atoms with Gasteiger partial charge in [0.05, 0.1) is 5.69 Å². The molecular formula is C38H22N2S. The van der Waals surface area contributed by atoms with Crippen molar-refractivity contribution in [3.63, 3.8) is 0 Å². The van der Waals surface area contributed by atoms with E-state index in [0.717, 1.165) is 27.9 Å². The van der Waals surface area contributed by atoms with Gasteiger partial charge in [-0.3, -0.25) is 0 Å². The van der Waals surface area contributed by atoms with Crippen molar-refractivity contribution >= 4 is 42.5 Å². The van der Waals surface area contributed by atoms with Crippen molar-refractivity contribution in [1.82, 2.24) is 9.97 Å². The van der Waals surface area contributed by atoms with Crippen LogP contribution in [0.25, 0.3) is 87.0 Å². The molecule has 5 aromatic carbocycles. The molecule has 0 bridgehead atoms. The first-order valence-corrected chi connectivity index (χ1v) is 14.7. The molecular weight excluding hydrogens is 516 g/mol. The highest BCUT2D eigenvalue weighted by atomic mass is 32.1. The van der Waals surface area contributed by atoms with Gasteiger partial charge in [0.15, 0.2) is 5.65 Å². The first-order valence-electron chi connectivity index (χ1n) is 13.8. The van der Waals surface area contributed by atoms with E-state index in [1.54, 1.807) is 0 Å². The molecule has 3 heterocycles. The number of rotatable bonds is 1.